The molecule has 1 aromatic heterocycles. The van der Waals surface area contributed by atoms with Gasteiger partial charge in [-0.1, -0.05) is 12.1 Å². The van der Waals surface area contributed by atoms with Crippen molar-refractivity contribution in [1.29, 1.82) is 0 Å². The zero-order valence-electron chi connectivity index (χ0n) is 15.5. The van der Waals surface area contributed by atoms with Crippen LogP contribution < -0.4 is 10.5 Å². The number of likely N-dealkylation sites (N-methyl/N-ethyl adjacent to an activating group) is 1. The lowest BCUT2D eigenvalue weighted by molar-refractivity contribution is -0.147. The largest absolute Gasteiger partial charge is 0.464 e. The quantitative estimate of drug-likeness (QED) is 0.589. The second-order valence-electron chi connectivity index (χ2n) is 5.91. The highest BCUT2D eigenvalue weighted by Gasteiger charge is 2.40. The number of fused-ring (bicyclic) bond motifs is 3. The fraction of sp³-hybridized carbons (Fsp3) is 0.350. The Morgan fingerprint density at radius 2 is 1.81 bits per heavy atom. The summed E-state index contributed by atoms with van der Waals surface area (Å²) >= 11 is 0. The van der Waals surface area contributed by atoms with Gasteiger partial charge in [-0.05, 0) is 39.0 Å². The van der Waals surface area contributed by atoms with E-state index in [-0.39, 0.29) is 24.4 Å². The molecule has 1 aliphatic heterocycles. The number of hydrogen-bond acceptors (Lipinski definition) is 7. The first-order chi connectivity index (χ1) is 13.0. The van der Waals surface area contributed by atoms with E-state index < -0.39 is 23.6 Å². The average Bonchev–Trinajstić information content (AvgIpc) is 2.67. The standard InChI is InChI=1S/C20H21NO6/c1-4-21-16-12-9-7-8-10-15(12)27-19(23)13(16)11-14(18(22)25-5-2)17(21)20(24)26-6-3/h7-11,17H,4-6H2,1-3H3. The van der Waals surface area contributed by atoms with Gasteiger partial charge in [0.25, 0.3) is 0 Å². The van der Waals surface area contributed by atoms with E-state index in [0.29, 0.717) is 23.2 Å². The van der Waals surface area contributed by atoms with Crippen molar-refractivity contribution in [3.05, 3.63) is 45.8 Å². The molecule has 0 spiro atoms. The Kier molecular flexibility index (Phi) is 5.30. The Hall–Kier alpha value is -3.09. The number of rotatable bonds is 5. The van der Waals surface area contributed by atoms with Gasteiger partial charge in [0, 0.05) is 11.9 Å². The van der Waals surface area contributed by atoms with Gasteiger partial charge in [-0.15, -0.1) is 0 Å². The Labute approximate surface area is 156 Å². The maximum atomic E-state index is 12.7. The fourth-order valence-electron chi connectivity index (χ4n) is 3.32. The van der Waals surface area contributed by atoms with Gasteiger partial charge in [-0.25, -0.2) is 14.4 Å². The van der Waals surface area contributed by atoms with Gasteiger partial charge in [0.2, 0.25) is 0 Å². The van der Waals surface area contributed by atoms with E-state index >= 15 is 0 Å². The predicted octanol–water partition coefficient (Wildman–Crippen LogP) is 2.51. The molecule has 3 rings (SSSR count). The highest BCUT2D eigenvalue weighted by molar-refractivity contribution is 6.09. The normalized spacial score (nSPS) is 15.9. The zero-order chi connectivity index (χ0) is 19.6. The first-order valence-electron chi connectivity index (χ1n) is 8.91. The van der Waals surface area contributed by atoms with Crippen molar-refractivity contribution in [2.75, 3.05) is 24.7 Å². The third-order valence-electron chi connectivity index (χ3n) is 4.37. The average molecular weight is 371 g/mol. The number of esters is 2. The smallest absolute Gasteiger partial charge is 0.345 e. The summed E-state index contributed by atoms with van der Waals surface area (Å²) in [6.45, 7) is 5.91. The lowest BCUT2D eigenvalue weighted by Gasteiger charge is -2.36. The number of ether oxygens (including phenoxy) is 2. The van der Waals surface area contributed by atoms with Crippen LogP contribution >= 0.6 is 0 Å². The molecule has 2 aromatic rings. The molecule has 1 aromatic carbocycles. The second-order valence-corrected chi connectivity index (χ2v) is 5.91. The molecule has 1 atom stereocenters. The summed E-state index contributed by atoms with van der Waals surface area (Å²) in [6, 6.07) is 6.09. The summed E-state index contributed by atoms with van der Waals surface area (Å²) in [5, 5.41) is 0.683. The molecule has 0 saturated carbocycles. The van der Waals surface area contributed by atoms with Crippen LogP contribution in [0.5, 0.6) is 0 Å². The predicted molar refractivity (Wildman–Crippen MR) is 101 cm³/mol. The summed E-state index contributed by atoms with van der Waals surface area (Å²) in [7, 11) is 0. The molecule has 0 bridgehead atoms. The van der Waals surface area contributed by atoms with Crippen LogP contribution in [0.25, 0.3) is 17.0 Å². The van der Waals surface area contributed by atoms with Crippen LogP contribution in [0.3, 0.4) is 0 Å². The summed E-state index contributed by atoms with van der Waals surface area (Å²) in [4.78, 5) is 39.5. The number of para-hydroxylation sites is 1. The molecule has 2 heterocycles. The van der Waals surface area contributed by atoms with Crippen LogP contribution in [0, 0.1) is 0 Å². The summed E-state index contributed by atoms with van der Waals surface area (Å²) in [6.07, 6.45) is 1.39. The number of carbonyl (C=O) groups excluding carboxylic acids is 2. The zero-order valence-corrected chi connectivity index (χ0v) is 15.5. The molecule has 1 aliphatic rings. The van der Waals surface area contributed by atoms with Gasteiger partial charge in [-0.3, -0.25) is 0 Å². The summed E-state index contributed by atoms with van der Waals surface area (Å²) in [5.74, 6) is -1.23. The number of nitrogens with zero attached hydrogens (tertiary/aromatic N) is 1. The SMILES string of the molecule is CCOC(=O)C1=Cc2c(c3ccccc3oc2=O)N(CC)C1C(=O)OCC. The maximum Gasteiger partial charge on any atom is 0.345 e. The van der Waals surface area contributed by atoms with Crippen LogP contribution in [-0.2, 0) is 19.1 Å². The van der Waals surface area contributed by atoms with Gasteiger partial charge in [-0.2, -0.15) is 0 Å². The second kappa shape index (κ2) is 7.65. The first-order valence-corrected chi connectivity index (χ1v) is 8.91. The van der Waals surface area contributed by atoms with Gasteiger partial charge >= 0.3 is 17.6 Å². The fourth-order valence-corrected chi connectivity index (χ4v) is 3.32. The van der Waals surface area contributed by atoms with E-state index in [1.165, 1.54) is 6.08 Å². The number of benzene rings is 1. The van der Waals surface area contributed by atoms with Crippen molar-refractivity contribution < 1.29 is 23.5 Å². The van der Waals surface area contributed by atoms with Crippen LogP contribution in [0.15, 0.2) is 39.1 Å². The van der Waals surface area contributed by atoms with Crippen molar-refractivity contribution >= 4 is 34.7 Å². The highest BCUT2D eigenvalue weighted by atomic mass is 16.5. The molecule has 7 heteroatoms. The van der Waals surface area contributed by atoms with Crippen LogP contribution in [0.4, 0.5) is 5.69 Å². The molecule has 0 fully saturated rings. The molecule has 0 radical (unpaired) electrons. The van der Waals surface area contributed by atoms with E-state index in [1.807, 2.05) is 19.1 Å². The Morgan fingerprint density at radius 1 is 1.11 bits per heavy atom. The summed E-state index contributed by atoms with van der Waals surface area (Å²) < 4.78 is 15.7. The molecule has 142 valence electrons. The van der Waals surface area contributed by atoms with Crippen molar-refractivity contribution in [3.63, 3.8) is 0 Å². The molecular weight excluding hydrogens is 350 g/mol. The lowest BCUT2D eigenvalue weighted by Crippen LogP contribution is -2.48. The van der Waals surface area contributed by atoms with E-state index in [0.717, 1.165) is 0 Å². The first kappa shape index (κ1) is 18.7. The Bertz CT molecular complexity index is 974. The minimum absolute atomic E-state index is 0.0623. The van der Waals surface area contributed by atoms with Crippen molar-refractivity contribution in [1.82, 2.24) is 0 Å². The van der Waals surface area contributed by atoms with Crippen LogP contribution in [0.1, 0.15) is 26.3 Å². The van der Waals surface area contributed by atoms with Gasteiger partial charge < -0.3 is 18.8 Å². The number of carbonyl (C=O) groups is 2. The van der Waals surface area contributed by atoms with Crippen molar-refractivity contribution in [2.45, 2.75) is 26.8 Å². The minimum atomic E-state index is -0.994. The molecule has 0 saturated heterocycles. The molecular formula is C20H21NO6. The Balaban J connectivity index is 2.31. The van der Waals surface area contributed by atoms with E-state index in [4.69, 9.17) is 13.9 Å². The van der Waals surface area contributed by atoms with Crippen molar-refractivity contribution in [3.8, 4) is 0 Å². The monoisotopic (exact) mass is 371 g/mol. The third-order valence-corrected chi connectivity index (χ3v) is 4.37. The van der Waals surface area contributed by atoms with Crippen LogP contribution in [0.2, 0.25) is 0 Å². The minimum Gasteiger partial charge on any atom is -0.464 e. The molecule has 7 nitrogen and oxygen atoms in total. The molecule has 0 N–H and O–H groups in total. The molecule has 1 unspecified atom stereocenters. The van der Waals surface area contributed by atoms with E-state index in [9.17, 15) is 14.4 Å². The van der Waals surface area contributed by atoms with Crippen LogP contribution in [-0.4, -0.2) is 37.7 Å². The lowest BCUT2D eigenvalue weighted by atomic mass is 9.94. The molecule has 27 heavy (non-hydrogen) atoms. The van der Waals surface area contributed by atoms with Gasteiger partial charge in [0.1, 0.15) is 5.58 Å². The number of anilines is 1. The summed E-state index contributed by atoms with van der Waals surface area (Å²) in [5.41, 5.74) is 0.670. The van der Waals surface area contributed by atoms with Gasteiger partial charge in [0.05, 0.1) is 30.0 Å². The van der Waals surface area contributed by atoms with E-state index in [1.54, 1.807) is 30.9 Å². The Morgan fingerprint density at radius 3 is 2.48 bits per heavy atom. The topological polar surface area (TPSA) is 86.0 Å². The highest BCUT2D eigenvalue weighted by Crippen LogP contribution is 2.37. The van der Waals surface area contributed by atoms with E-state index in [2.05, 4.69) is 0 Å². The maximum absolute atomic E-state index is 12.7. The van der Waals surface area contributed by atoms with Gasteiger partial charge in [0.15, 0.2) is 6.04 Å². The molecule has 0 aliphatic carbocycles. The number of hydrogen-bond donors (Lipinski definition) is 0. The molecule has 0 amide bonds. The van der Waals surface area contributed by atoms with Crippen molar-refractivity contribution in [2.24, 2.45) is 0 Å². The third kappa shape index (κ3) is 3.20.